The molecule has 0 fully saturated rings. The number of alkyl halides is 1. The summed E-state index contributed by atoms with van der Waals surface area (Å²) in [4.78, 5) is 0. The van der Waals surface area contributed by atoms with E-state index in [-0.39, 0.29) is 0 Å². The maximum Gasteiger partial charge on any atom is 0.0543 e. The third kappa shape index (κ3) is 2.39. The molecule has 2 aromatic carbocycles. The van der Waals surface area contributed by atoms with E-state index in [0.717, 1.165) is 22.3 Å². The number of benzene rings is 2. The SMILES string of the molecule is CC1=C[C@@](CCl)(c2ccc(Cl)cc2)c2c(Cl)cc(Cl)cc21. The average Bonchev–Trinajstić information content (AvgIpc) is 2.74. The highest BCUT2D eigenvalue weighted by atomic mass is 35.5. The van der Waals surface area contributed by atoms with Gasteiger partial charge in [-0.1, -0.05) is 53.0 Å². The van der Waals surface area contributed by atoms with Gasteiger partial charge >= 0.3 is 0 Å². The van der Waals surface area contributed by atoms with Gasteiger partial charge in [0.05, 0.1) is 5.41 Å². The van der Waals surface area contributed by atoms with Crippen molar-refractivity contribution in [2.24, 2.45) is 0 Å². The Balaban J connectivity index is 2.30. The molecule has 1 aliphatic rings. The van der Waals surface area contributed by atoms with Gasteiger partial charge in [-0.2, -0.15) is 0 Å². The first-order valence-corrected chi connectivity index (χ1v) is 8.16. The summed E-state index contributed by atoms with van der Waals surface area (Å²) in [6.07, 6.45) is 2.16. The Morgan fingerprint density at radius 3 is 2.24 bits per heavy atom. The number of halogens is 4. The second-order valence-electron chi connectivity index (χ2n) is 5.25. The first-order valence-electron chi connectivity index (χ1n) is 6.49. The molecular formula is C17H12Cl4. The van der Waals surface area contributed by atoms with Crippen LogP contribution in [0.3, 0.4) is 0 Å². The van der Waals surface area contributed by atoms with Crippen molar-refractivity contribution in [2.45, 2.75) is 12.3 Å². The maximum absolute atomic E-state index is 6.48. The summed E-state index contributed by atoms with van der Waals surface area (Å²) in [7, 11) is 0. The molecule has 1 atom stereocenters. The van der Waals surface area contributed by atoms with Crippen molar-refractivity contribution in [1.82, 2.24) is 0 Å². The van der Waals surface area contributed by atoms with Crippen LogP contribution in [0.4, 0.5) is 0 Å². The van der Waals surface area contributed by atoms with Gasteiger partial charge in [-0.15, -0.1) is 11.6 Å². The molecule has 3 rings (SSSR count). The van der Waals surface area contributed by atoms with Gasteiger partial charge in [0, 0.05) is 20.9 Å². The van der Waals surface area contributed by atoms with E-state index in [9.17, 15) is 0 Å². The Bertz CT molecular complexity index is 731. The van der Waals surface area contributed by atoms with Crippen molar-refractivity contribution in [3.05, 3.63) is 74.2 Å². The van der Waals surface area contributed by atoms with Crippen LogP contribution in [0.5, 0.6) is 0 Å². The van der Waals surface area contributed by atoms with E-state index in [2.05, 4.69) is 13.0 Å². The molecule has 0 bridgehead atoms. The lowest BCUT2D eigenvalue weighted by molar-refractivity contribution is 0.747. The van der Waals surface area contributed by atoms with Crippen molar-refractivity contribution in [1.29, 1.82) is 0 Å². The lowest BCUT2D eigenvalue weighted by Gasteiger charge is -2.28. The van der Waals surface area contributed by atoms with Gasteiger partial charge in [-0.05, 0) is 53.5 Å². The molecule has 108 valence electrons. The van der Waals surface area contributed by atoms with Gasteiger partial charge in [0.1, 0.15) is 0 Å². The highest BCUT2D eigenvalue weighted by molar-refractivity contribution is 6.36. The molecule has 0 nitrogen and oxygen atoms in total. The van der Waals surface area contributed by atoms with E-state index < -0.39 is 5.41 Å². The lowest BCUT2D eigenvalue weighted by Crippen LogP contribution is -2.26. The van der Waals surface area contributed by atoms with E-state index in [0.29, 0.717) is 20.9 Å². The third-order valence-corrected chi connectivity index (χ3v) is 5.15. The van der Waals surface area contributed by atoms with Crippen molar-refractivity contribution < 1.29 is 0 Å². The Morgan fingerprint density at radius 2 is 1.62 bits per heavy atom. The van der Waals surface area contributed by atoms with Crippen LogP contribution in [0.15, 0.2) is 42.5 Å². The summed E-state index contributed by atoms with van der Waals surface area (Å²) in [5.74, 6) is 0.403. The van der Waals surface area contributed by atoms with Gasteiger partial charge in [0.2, 0.25) is 0 Å². The first-order chi connectivity index (χ1) is 9.98. The number of rotatable bonds is 2. The molecule has 0 unspecified atom stereocenters. The van der Waals surface area contributed by atoms with Gasteiger partial charge in [0.15, 0.2) is 0 Å². The highest BCUT2D eigenvalue weighted by Crippen LogP contribution is 2.49. The van der Waals surface area contributed by atoms with E-state index in [1.54, 1.807) is 6.07 Å². The molecule has 0 saturated carbocycles. The molecule has 0 aromatic heterocycles. The Morgan fingerprint density at radius 1 is 0.952 bits per heavy atom. The fraction of sp³-hybridized carbons (Fsp3) is 0.176. The first kappa shape index (κ1) is 15.2. The summed E-state index contributed by atoms with van der Waals surface area (Å²) in [5.41, 5.74) is 3.84. The van der Waals surface area contributed by atoms with Crippen LogP contribution in [0, 0.1) is 0 Å². The molecule has 0 N–H and O–H groups in total. The molecule has 0 spiro atoms. The number of hydrogen-bond donors (Lipinski definition) is 0. The molecule has 4 heteroatoms. The fourth-order valence-corrected chi connectivity index (χ4v) is 4.17. The Labute approximate surface area is 144 Å². The monoisotopic (exact) mass is 356 g/mol. The van der Waals surface area contributed by atoms with Crippen molar-refractivity contribution in [2.75, 3.05) is 5.88 Å². The molecule has 0 heterocycles. The lowest BCUT2D eigenvalue weighted by atomic mass is 9.78. The number of hydrogen-bond acceptors (Lipinski definition) is 0. The summed E-state index contributed by atoms with van der Waals surface area (Å²) >= 11 is 25.0. The Hall–Kier alpha value is -0.660. The predicted octanol–water partition coefficient (Wildman–Crippen LogP) is 6.59. The minimum atomic E-state index is -0.437. The van der Waals surface area contributed by atoms with Crippen LogP contribution in [0.2, 0.25) is 15.1 Å². The van der Waals surface area contributed by atoms with Crippen LogP contribution >= 0.6 is 46.4 Å². The number of allylic oxidation sites excluding steroid dienone is 2. The standard InChI is InChI=1S/C17H12Cl4/c1-10-8-17(9-18,11-2-4-12(19)5-3-11)16-14(10)6-13(20)7-15(16)21/h2-8H,9H2,1H3/t17-/m1/s1. The summed E-state index contributed by atoms with van der Waals surface area (Å²) < 4.78 is 0. The minimum Gasteiger partial charge on any atom is -0.125 e. The maximum atomic E-state index is 6.48. The fourth-order valence-electron chi connectivity index (χ4n) is 3.02. The molecule has 0 amide bonds. The second kappa shape index (κ2) is 5.52. The normalized spacial score (nSPS) is 20.3. The predicted molar refractivity (Wildman–Crippen MR) is 93.1 cm³/mol. The van der Waals surface area contributed by atoms with Crippen molar-refractivity contribution >= 4 is 52.0 Å². The Kier molecular flexibility index (Phi) is 4.00. The summed E-state index contributed by atoms with van der Waals surface area (Å²) in [6, 6.07) is 11.4. The average molecular weight is 358 g/mol. The third-order valence-electron chi connectivity index (χ3n) is 3.96. The highest BCUT2D eigenvalue weighted by Gasteiger charge is 2.40. The van der Waals surface area contributed by atoms with Gasteiger partial charge in [-0.25, -0.2) is 0 Å². The van der Waals surface area contributed by atoms with E-state index in [1.165, 1.54) is 0 Å². The van der Waals surface area contributed by atoms with Crippen molar-refractivity contribution in [3.8, 4) is 0 Å². The second-order valence-corrected chi connectivity index (χ2v) is 6.80. The van der Waals surface area contributed by atoms with Gasteiger partial charge in [0.25, 0.3) is 0 Å². The van der Waals surface area contributed by atoms with E-state index >= 15 is 0 Å². The zero-order valence-electron chi connectivity index (χ0n) is 11.3. The van der Waals surface area contributed by atoms with E-state index in [4.69, 9.17) is 46.4 Å². The summed E-state index contributed by atoms with van der Waals surface area (Å²) in [6.45, 7) is 2.05. The van der Waals surface area contributed by atoms with Crippen LogP contribution in [-0.2, 0) is 5.41 Å². The van der Waals surface area contributed by atoms with Gasteiger partial charge < -0.3 is 0 Å². The largest absolute Gasteiger partial charge is 0.125 e. The zero-order chi connectivity index (χ0) is 15.2. The molecule has 0 saturated heterocycles. The smallest absolute Gasteiger partial charge is 0.0543 e. The molecule has 1 aliphatic carbocycles. The van der Waals surface area contributed by atoms with Crippen LogP contribution in [-0.4, -0.2) is 5.88 Å². The topological polar surface area (TPSA) is 0 Å². The zero-order valence-corrected chi connectivity index (χ0v) is 14.3. The summed E-state index contributed by atoms with van der Waals surface area (Å²) in [5, 5.41) is 1.97. The van der Waals surface area contributed by atoms with Crippen LogP contribution in [0.25, 0.3) is 5.57 Å². The molecule has 21 heavy (non-hydrogen) atoms. The van der Waals surface area contributed by atoms with Crippen LogP contribution < -0.4 is 0 Å². The number of fused-ring (bicyclic) bond motifs is 1. The molecule has 0 radical (unpaired) electrons. The van der Waals surface area contributed by atoms with Crippen molar-refractivity contribution in [3.63, 3.8) is 0 Å². The van der Waals surface area contributed by atoms with Crippen LogP contribution in [0.1, 0.15) is 23.6 Å². The molecular weight excluding hydrogens is 346 g/mol. The van der Waals surface area contributed by atoms with Gasteiger partial charge in [-0.3, -0.25) is 0 Å². The molecule has 2 aromatic rings. The molecule has 0 aliphatic heterocycles. The minimum absolute atomic E-state index is 0.403. The quantitative estimate of drug-likeness (QED) is 0.532. The van der Waals surface area contributed by atoms with E-state index in [1.807, 2.05) is 30.3 Å².